The third-order valence-electron chi connectivity index (χ3n) is 4.52. The Bertz CT molecular complexity index is 717. The Balaban J connectivity index is 1.72. The fraction of sp³-hybridized carbons (Fsp3) is 0.263. The zero-order valence-corrected chi connectivity index (χ0v) is 12.0. The Morgan fingerprint density at radius 2 is 1.90 bits per heavy atom. The molecule has 1 atom stereocenters. The number of fused-ring (bicyclic) bond motifs is 2. The predicted octanol–water partition coefficient (Wildman–Crippen LogP) is 3.91. The molecule has 1 unspecified atom stereocenters. The van der Waals surface area contributed by atoms with E-state index in [1.165, 1.54) is 27.8 Å². The lowest BCUT2D eigenvalue weighted by atomic mass is 9.95. The minimum absolute atomic E-state index is 0.0912. The lowest BCUT2D eigenvalue weighted by Gasteiger charge is -2.24. The van der Waals surface area contributed by atoms with Crippen LogP contribution in [0.1, 0.15) is 34.8 Å². The number of hydrogen-bond donors (Lipinski definition) is 1. The van der Waals surface area contributed by atoms with Crippen molar-refractivity contribution >= 4 is 11.3 Å². The molecule has 0 aromatic heterocycles. The molecule has 1 aliphatic carbocycles. The predicted molar refractivity (Wildman–Crippen MR) is 86.0 cm³/mol. The molecule has 0 saturated heterocycles. The molecule has 0 saturated carbocycles. The first-order valence-electron chi connectivity index (χ1n) is 7.60. The fourth-order valence-corrected chi connectivity index (χ4v) is 3.46. The second kappa shape index (κ2) is 5.05. The van der Waals surface area contributed by atoms with Gasteiger partial charge in [0.05, 0.1) is 6.61 Å². The first-order chi connectivity index (χ1) is 10.3. The highest BCUT2D eigenvalue weighted by Gasteiger charge is 2.22. The molecule has 2 aliphatic rings. The number of hydrogen-bond acceptors (Lipinski definition) is 2. The normalized spacial score (nSPS) is 22.1. The molecular weight excluding hydrogens is 258 g/mol. The number of rotatable bonds is 1. The molecule has 0 fully saturated rings. The summed E-state index contributed by atoms with van der Waals surface area (Å²) in [6, 6.07) is 14.9. The SMILES string of the molecule is Nc1ccc2c(c1)CC/C2=C\C1OCCc2ccccc21. The van der Waals surface area contributed by atoms with Gasteiger partial charge in [0.2, 0.25) is 0 Å². The van der Waals surface area contributed by atoms with Crippen molar-refractivity contribution in [2.75, 3.05) is 12.3 Å². The van der Waals surface area contributed by atoms with Crippen LogP contribution in [-0.2, 0) is 17.6 Å². The van der Waals surface area contributed by atoms with Gasteiger partial charge in [0.15, 0.2) is 0 Å². The van der Waals surface area contributed by atoms with Crippen molar-refractivity contribution in [3.8, 4) is 0 Å². The van der Waals surface area contributed by atoms with E-state index in [-0.39, 0.29) is 6.10 Å². The number of anilines is 1. The van der Waals surface area contributed by atoms with Crippen molar-refractivity contribution in [1.29, 1.82) is 0 Å². The van der Waals surface area contributed by atoms with Crippen molar-refractivity contribution in [2.24, 2.45) is 0 Å². The van der Waals surface area contributed by atoms with Crippen molar-refractivity contribution in [3.63, 3.8) is 0 Å². The number of aryl methyl sites for hydroxylation is 1. The Morgan fingerprint density at radius 1 is 1.00 bits per heavy atom. The van der Waals surface area contributed by atoms with Crippen molar-refractivity contribution in [1.82, 2.24) is 0 Å². The standard InChI is InChI=1S/C19H19NO/c20-16-7-8-17-14(11-16)5-6-15(17)12-19-18-4-2-1-3-13(18)9-10-21-19/h1-4,7-8,11-12,19H,5-6,9-10,20H2/b15-12+. The molecule has 2 aromatic carbocycles. The lowest BCUT2D eigenvalue weighted by molar-refractivity contribution is 0.0752. The molecule has 2 nitrogen and oxygen atoms in total. The van der Waals surface area contributed by atoms with Gasteiger partial charge < -0.3 is 10.5 Å². The molecule has 0 spiro atoms. The second-order valence-corrected chi connectivity index (χ2v) is 5.85. The van der Waals surface area contributed by atoms with Gasteiger partial charge in [-0.2, -0.15) is 0 Å². The zero-order valence-electron chi connectivity index (χ0n) is 12.0. The molecule has 4 rings (SSSR count). The molecule has 2 heteroatoms. The van der Waals surface area contributed by atoms with Gasteiger partial charge in [0.1, 0.15) is 6.10 Å². The van der Waals surface area contributed by atoms with E-state index in [1.54, 1.807) is 0 Å². The first-order valence-corrected chi connectivity index (χ1v) is 7.60. The molecule has 21 heavy (non-hydrogen) atoms. The zero-order chi connectivity index (χ0) is 14.2. The highest BCUT2D eigenvalue weighted by Crippen LogP contribution is 2.37. The van der Waals surface area contributed by atoms with E-state index in [4.69, 9.17) is 10.5 Å². The Labute approximate surface area is 125 Å². The smallest absolute Gasteiger partial charge is 0.101 e. The average molecular weight is 277 g/mol. The average Bonchev–Trinajstić information content (AvgIpc) is 2.90. The van der Waals surface area contributed by atoms with Gasteiger partial charge in [-0.1, -0.05) is 30.3 Å². The van der Waals surface area contributed by atoms with Gasteiger partial charge in [0.25, 0.3) is 0 Å². The van der Waals surface area contributed by atoms with Gasteiger partial charge in [-0.15, -0.1) is 0 Å². The van der Waals surface area contributed by atoms with Gasteiger partial charge in [-0.3, -0.25) is 0 Å². The van der Waals surface area contributed by atoms with Crippen LogP contribution in [0, 0.1) is 0 Å². The van der Waals surface area contributed by atoms with E-state index in [0.717, 1.165) is 31.6 Å². The summed E-state index contributed by atoms with van der Waals surface area (Å²) in [5, 5.41) is 0. The monoisotopic (exact) mass is 277 g/mol. The Kier molecular flexibility index (Phi) is 3.04. The number of nitrogens with two attached hydrogens (primary N) is 1. The largest absolute Gasteiger partial charge is 0.399 e. The number of benzene rings is 2. The third kappa shape index (κ3) is 2.26. The van der Waals surface area contributed by atoms with Gasteiger partial charge in [-0.05, 0) is 65.3 Å². The maximum Gasteiger partial charge on any atom is 0.101 e. The van der Waals surface area contributed by atoms with E-state index >= 15 is 0 Å². The van der Waals surface area contributed by atoms with Gasteiger partial charge in [-0.25, -0.2) is 0 Å². The summed E-state index contributed by atoms with van der Waals surface area (Å²) in [5.74, 6) is 0. The summed E-state index contributed by atoms with van der Waals surface area (Å²) in [4.78, 5) is 0. The molecular formula is C19H19NO. The number of ether oxygens (including phenoxy) is 1. The van der Waals surface area contributed by atoms with Crippen LogP contribution >= 0.6 is 0 Å². The maximum absolute atomic E-state index is 6.00. The second-order valence-electron chi connectivity index (χ2n) is 5.85. The minimum atomic E-state index is 0.0912. The summed E-state index contributed by atoms with van der Waals surface area (Å²) in [7, 11) is 0. The highest BCUT2D eigenvalue weighted by molar-refractivity contribution is 5.74. The van der Waals surface area contributed by atoms with Crippen molar-refractivity contribution < 1.29 is 4.74 Å². The van der Waals surface area contributed by atoms with E-state index in [0.29, 0.717) is 0 Å². The van der Waals surface area contributed by atoms with E-state index in [2.05, 4.69) is 42.5 Å². The van der Waals surface area contributed by atoms with Crippen LogP contribution in [-0.4, -0.2) is 6.61 Å². The first kappa shape index (κ1) is 12.7. The summed E-state index contributed by atoms with van der Waals surface area (Å²) in [5.41, 5.74) is 13.6. The maximum atomic E-state index is 6.00. The van der Waals surface area contributed by atoms with Crippen LogP contribution in [0.25, 0.3) is 5.57 Å². The summed E-state index contributed by atoms with van der Waals surface area (Å²) < 4.78 is 6.00. The van der Waals surface area contributed by atoms with E-state index < -0.39 is 0 Å². The van der Waals surface area contributed by atoms with E-state index in [9.17, 15) is 0 Å². The van der Waals surface area contributed by atoms with Crippen LogP contribution in [0.4, 0.5) is 5.69 Å². The molecule has 2 aromatic rings. The fourth-order valence-electron chi connectivity index (χ4n) is 3.46. The van der Waals surface area contributed by atoms with Gasteiger partial charge >= 0.3 is 0 Å². The van der Waals surface area contributed by atoms with Crippen LogP contribution in [0.3, 0.4) is 0 Å². The Hall–Kier alpha value is -2.06. The summed E-state index contributed by atoms with van der Waals surface area (Å²) in [6.45, 7) is 0.806. The molecule has 106 valence electrons. The minimum Gasteiger partial charge on any atom is -0.399 e. The summed E-state index contributed by atoms with van der Waals surface area (Å²) >= 11 is 0. The lowest BCUT2D eigenvalue weighted by Crippen LogP contribution is -2.14. The number of nitrogen functional groups attached to an aromatic ring is 1. The third-order valence-corrected chi connectivity index (χ3v) is 4.52. The van der Waals surface area contributed by atoms with Crippen molar-refractivity contribution in [2.45, 2.75) is 25.4 Å². The van der Waals surface area contributed by atoms with Gasteiger partial charge in [0, 0.05) is 5.69 Å². The quantitative estimate of drug-likeness (QED) is 0.802. The molecule has 0 amide bonds. The molecule has 0 radical (unpaired) electrons. The topological polar surface area (TPSA) is 35.2 Å². The van der Waals surface area contributed by atoms with E-state index in [1.807, 2.05) is 6.07 Å². The van der Waals surface area contributed by atoms with Crippen LogP contribution in [0.15, 0.2) is 48.5 Å². The molecule has 1 heterocycles. The van der Waals surface area contributed by atoms with Crippen LogP contribution in [0.5, 0.6) is 0 Å². The van der Waals surface area contributed by atoms with Crippen LogP contribution in [0.2, 0.25) is 0 Å². The van der Waals surface area contributed by atoms with Crippen molar-refractivity contribution in [3.05, 3.63) is 70.8 Å². The van der Waals surface area contributed by atoms with Crippen LogP contribution < -0.4 is 5.73 Å². The Morgan fingerprint density at radius 3 is 2.86 bits per heavy atom. The highest BCUT2D eigenvalue weighted by atomic mass is 16.5. The number of allylic oxidation sites excluding steroid dienone is 1. The molecule has 2 N–H and O–H groups in total. The summed E-state index contributed by atoms with van der Waals surface area (Å²) in [6.07, 6.45) is 5.58. The molecule has 0 bridgehead atoms. The molecule has 1 aliphatic heterocycles.